The molecule has 1 aromatic rings. The van der Waals surface area contributed by atoms with Crippen LogP contribution in [0.2, 0.25) is 0 Å². The molecule has 0 aliphatic rings. The van der Waals surface area contributed by atoms with Gasteiger partial charge < -0.3 is 0 Å². The third-order valence-electron chi connectivity index (χ3n) is 2.22. The van der Waals surface area contributed by atoms with Crippen LogP contribution < -0.4 is 0 Å². The van der Waals surface area contributed by atoms with E-state index in [9.17, 15) is 19.3 Å². The van der Waals surface area contributed by atoms with Gasteiger partial charge in [0, 0.05) is 24.8 Å². The van der Waals surface area contributed by atoms with Crippen LogP contribution in [-0.2, 0) is 11.2 Å². The van der Waals surface area contributed by atoms with Gasteiger partial charge in [-0.15, -0.1) is 11.6 Å². The van der Waals surface area contributed by atoms with Gasteiger partial charge in [-0.25, -0.2) is 4.39 Å². The smallest absolute Gasteiger partial charge is 0.272 e. The summed E-state index contributed by atoms with van der Waals surface area (Å²) in [6, 6.07) is 3.28. The van der Waals surface area contributed by atoms with Gasteiger partial charge in [-0.3, -0.25) is 14.9 Å². The minimum absolute atomic E-state index is 0.0548. The van der Waals surface area contributed by atoms with Crippen molar-refractivity contribution in [3.05, 3.63) is 39.7 Å². The van der Waals surface area contributed by atoms with Crippen LogP contribution in [0, 0.1) is 15.9 Å². The Hall–Kier alpha value is -1.49. The lowest BCUT2D eigenvalue weighted by molar-refractivity contribution is -0.385. The third-order valence-corrected chi connectivity index (χ3v) is 2.49. The summed E-state index contributed by atoms with van der Waals surface area (Å²) < 4.78 is 13.4. The number of Topliss-reactive ketones (excluding diaryl/α,β-unsaturated/α-hetero) is 1. The molecular formula is C11H11ClFNO3. The van der Waals surface area contributed by atoms with Crippen molar-refractivity contribution in [3.63, 3.8) is 0 Å². The highest BCUT2D eigenvalue weighted by Crippen LogP contribution is 2.17. The molecule has 0 fully saturated rings. The molecule has 0 saturated carbocycles. The molecule has 0 spiro atoms. The normalized spacial score (nSPS) is 10.2. The molecule has 0 aliphatic heterocycles. The molecule has 0 aromatic heterocycles. The van der Waals surface area contributed by atoms with Crippen LogP contribution in [0.5, 0.6) is 0 Å². The highest BCUT2D eigenvalue weighted by atomic mass is 35.5. The lowest BCUT2D eigenvalue weighted by Crippen LogP contribution is -2.05. The summed E-state index contributed by atoms with van der Waals surface area (Å²) in [5.74, 6) is -0.467. The molecule has 17 heavy (non-hydrogen) atoms. The Morgan fingerprint density at radius 3 is 2.71 bits per heavy atom. The van der Waals surface area contributed by atoms with Crippen LogP contribution in [0.4, 0.5) is 10.1 Å². The Balaban J connectivity index is 2.72. The number of ketones is 1. The van der Waals surface area contributed by atoms with Crippen molar-refractivity contribution in [2.24, 2.45) is 0 Å². The number of nitro groups is 1. The molecule has 0 N–H and O–H groups in total. The van der Waals surface area contributed by atoms with E-state index in [1.165, 1.54) is 12.1 Å². The number of carbonyl (C=O) groups excluding carboxylic acids is 1. The van der Waals surface area contributed by atoms with Crippen molar-refractivity contribution in [3.8, 4) is 0 Å². The predicted octanol–water partition coefficient (Wildman–Crippen LogP) is 2.86. The molecule has 0 saturated heterocycles. The highest BCUT2D eigenvalue weighted by molar-refractivity contribution is 6.17. The Kier molecular flexibility index (Phi) is 5.03. The van der Waals surface area contributed by atoms with Crippen molar-refractivity contribution >= 4 is 23.1 Å². The average molecular weight is 260 g/mol. The fourth-order valence-corrected chi connectivity index (χ4v) is 1.49. The largest absolute Gasteiger partial charge is 0.299 e. The standard InChI is InChI=1S/C11H11ClFNO3/c12-5-1-2-10(15)6-8-3-4-9(14(16)17)7-11(8)13/h3-4,7H,1-2,5-6H2. The molecule has 6 heteroatoms. The Labute approximate surface area is 103 Å². The summed E-state index contributed by atoms with van der Waals surface area (Å²) in [6.45, 7) is 0. The second kappa shape index (κ2) is 6.30. The van der Waals surface area contributed by atoms with Gasteiger partial charge in [0.15, 0.2) is 0 Å². The summed E-state index contributed by atoms with van der Waals surface area (Å²) in [4.78, 5) is 21.1. The minimum atomic E-state index is -0.724. The highest BCUT2D eigenvalue weighted by Gasteiger charge is 2.13. The molecule has 0 aliphatic carbocycles. The summed E-state index contributed by atoms with van der Waals surface area (Å²) >= 11 is 5.43. The van der Waals surface area contributed by atoms with E-state index in [1.54, 1.807) is 0 Å². The zero-order valence-electron chi connectivity index (χ0n) is 8.99. The van der Waals surface area contributed by atoms with Crippen LogP contribution >= 0.6 is 11.6 Å². The van der Waals surface area contributed by atoms with E-state index >= 15 is 0 Å². The zero-order valence-corrected chi connectivity index (χ0v) is 9.74. The number of halogens is 2. The SMILES string of the molecule is O=C(CCCCl)Cc1ccc([N+](=O)[O-])cc1F. The number of hydrogen-bond acceptors (Lipinski definition) is 3. The molecule has 1 rings (SSSR count). The molecule has 0 radical (unpaired) electrons. The Morgan fingerprint density at radius 2 is 2.18 bits per heavy atom. The molecule has 0 amide bonds. The van der Waals surface area contributed by atoms with E-state index in [1.807, 2.05) is 0 Å². The van der Waals surface area contributed by atoms with Crippen LogP contribution in [0.3, 0.4) is 0 Å². The van der Waals surface area contributed by atoms with E-state index in [0.717, 1.165) is 6.07 Å². The van der Waals surface area contributed by atoms with Gasteiger partial charge in [-0.1, -0.05) is 0 Å². The first-order valence-electron chi connectivity index (χ1n) is 5.05. The second-order valence-electron chi connectivity index (χ2n) is 3.54. The number of nitrogens with zero attached hydrogens (tertiary/aromatic N) is 1. The first-order valence-corrected chi connectivity index (χ1v) is 5.58. The van der Waals surface area contributed by atoms with Gasteiger partial charge >= 0.3 is 0 Å². The van der Waals surface area contributed by atoms with Gasteiger partial charge in [0.2, 0.25) is 0 Å². The van der Waals surface area contributed by atoms with E-state index < -0.39 is 10.7 Å². The van der Waals surface area contributed by atoms with Gasteiger partial charge in [-0.2, -0.15) is 0 Å². The Bertz CT molecular complexity index is 437. The molecule has 4 nitrogen and oxygen atoms in total. The average Bonchev–Trinajstić information content (AvgIpc) is 2.28. The number of rotatable bonds is 6. The molecule has 0 heterocycles. The maximum absolute atomic E-state index is 13.4. The quantitative estimate of drug-likeness (QED) is 0.448. The first-order chi connectivity index (χ1) is 8.04. The van der Waals surface area contributed by atoms with Crippen molar-refractivity contribution in [2.45, 2.75) is 19.3 Å². The Morgan fingerprint density at radius 1 is 1.47 bits per heavy atom. The lowest BCUT2D eigenvalue weighted by Gasteiger charge is -2.02. The van der Waals surface area contributed by atoms with Crippen LogP contribution in [0.15, 0.2) is 18.2 Å². The number of alkyl halides is 1. The minimum Gasteiger partial charge on any atom is -0.299 e. The number of hydrogen-bond donors (Lipinski definition) is 0. The van der Waals surface area contributed by atoms with Gasteiger partial charge in [0.1, 0.15) is 11.6 Å². The number of nitro benzene ring substituents is 1. The van der Waals surface area contributed by atoms with Gasteiger partial charge in [-0.05, 0) is 18.1 Å². The van der Waals surface area contributed by atoms with E-state index in [2.05, 4.69) is 0 Å². The second-order valence-corrected chi connectivity index (χ2v) is 3.92. The van der Waals surface area contributed by atoms with Crippen LogP contribution in [0.25, 0.3) is 0 Å². The van der Waals surface area contributed by atoms with Crippen molar-refractivity contribution in [2.75, 3.05) is 5.88 Å². The van der Waals surface area contributed by atoms with Crippen molar-refractivity contribution < 1.29 is 14.1 Å². The van der Waals surface area contributed by atoms with Gasteiger partial charge in [0.05, 0.1) is 11.0 Å². The molecular weight excluding hydrogens is 249 g/mol. The van der Waals surface area contributed by atoms with E-state index in [4.69, 9.17) is 11.6 Å². The maximum Gasteiger partial charge on any atom is 0.272 e. The van der Waals surface area contributed by atoms with Crippen molar-refractivity contribution in [1.82, 2.24) is 0 Å². The third kappa shape index (κ3) is 4.11. The predicted molar refractivity (Wildman–Crippen MR) is 61.7 cm³/mol. The van der Waals surface area contributed by atoms with Crippen LogP contribution in [0.1, 0.15) is 18.4 Å². The summed E-state index contributed by atoms with van der Waals surface area (Å²) in [5.41, 5.74) is -0.144. The fourth-order valence-electron chi connectivity index (χ4n) is 1.36. The topological polar surface area (TPSA) is 60.2 Å². The fraction of sp³-hybridized carbons (Fsp3) is 0.364. The summed E-state index contributed by atoms with van der Waals surface area (Å²) in [6.07, 6.45) is 0.787. The van der Waals surface area contributed by atoms with Gasteiger partial charge in [0.25, 0.3) is 5.69 Å². The molecule has 0 atom stereocenters. The van der Waals surface area contributed by atoms with E-state index in [0.29, 0.717) is 18.7 Å². The molecule has 0 unspecified atom stereocenters. The monoisotopic (exact) mass is 259 g/mol. The molecule has 1 aromatic carbocycles. The summed E-state index contributed by atoms with van der Waals surface area (Å²) in [5, 5.41) is 10.4. The maximum atomic E-state index is 13.4. The first kappa shape index (κ1) is 13.6. The van der Waals surface area contributed by atoms with Crippen molar-refractivity contribution in [1.29, 1.82) is 0 Å². The zero-order chi connectivity index (χ0) is 12.8. The summed E-state index contributed by atoms with van der Waals surface area (Å²) in [7, 11) is 0. The molecule has 92 valence electrons. The number of benzene rings is 1. The number of non-ortho nitro benzene ring substituents is 1. The molecule has 0 bridgehead atoms. The van der Waals surface area contributed by atoms with Crippen LogP contribution in [-0.4, -0.2) is 16.6 Å². The van der Waals surface area contributed by atoms with E-state index in [-0.39, 0.29) is 23.5 Å². The lowest BCUT2D eigenvalue weighted by atomic mass is 10.1. The number of carbonyl (C=O) groups is 1.